The fraction of sp³-hybridized carbons (Fsp3) is 0.143. The number of carbonyl (C=O) groups excluding carboxylic acids is 1. The van der Waals surface area contributed by atoms with Crippen LogP contribution in [0.4, 0.5) is 10.1 Å². The molecule has 130 valence electrons. The van der Waals surface area contributed by atoms with Gasteiger partial charge in [0, 0.05) is 24.4 Å². The number of fused-ring (bicyclic) bond motifs is 2. The van der Waals surface area contributed by atoms with Gasteiger partial charge < -0.3 is 10.0 Å². The van der Waals surface area contributed by atoms with E-state index in [1.807, 2.05) is 18.2 Å². The smallest absolute Gasteiger partial charge is 0.263 e. The van der Waals surface area contributed by atoms with Gasteiger partial charge in [-0.3, -0.25) is 4.79 Å². The van der Waals surface area contributed by atoms with Crippen molar-refractivity contribution in [2.45, 2.75) is 12.0 Å². The van der Waals surface area contributed by atoms with Gasteiger partial charge in [0.05, 0.1) is 16.9 Å². The van der Waals surface area contributed by atoms with Gasteiger partial charge in [0.15, 0.2) is 5.60 Å². The number of halogens is 1. The van der Waals surface area contributed by atoms with Gasteiger partial charge in [-0.05, 0) is 36.4 Å². The molecule has 0 saturated heterocycles. The van der Waals surface area contributed by atoms with Crippen LogP contribution in [-0.2, 0) is 10.4 Å². The molecule has 1 N–H and O–H groups in total. The molecule has 0 bridgehead atoms. The number of likely N-dealkylation sites (N-methyl/N-ethyl adjacent to an activating group) is 1. The van der Waals surface area contributed by atoms with Crippen LogP contribution in [-0.4, -0.2) is 23.0 Å². The minimum absolute atomic E-state index is 0.149. The summed E-state index contributed by atoms with van der Waals surface area (Å²) < 4.78 is 13.2. The molecule has 5 heteroatoms. The third-order valence-corrected chi connectivity index (χ3v) is 4.74. The molecule has 0 saturated carbocycles. The van der Waals surface area contributed by atoms with Crippen LogP contribution in [0.5, 0.6) is 0 Å². The molecule has 1 amide bonds. The number of anilines is 1. The van der Waals surface area contributed by atoms with Crippen LogP contribution in [0.3, 0.4) is 0 Å². The molecule has 3 aromatic rings. The molecule has 0 fully saturated rings. The van der Waals surface area contributed by atoms with Crippen molar-refractivity contribution in [2.24, 2.45) is 0 Å². The van der Waals surface area contributed by atoms with Crippen LogP contribution in [0.25, 0.3) is 17.0 Å². The second-order valence-electron chi connectivity index (χ2n) is 6.42. The lowest BCUT2D eigenvalue weighted by Gasteiger charge is -2.19. The van der Waals surface area contributed by atoms with E-state index in [4.69, 9.17) is 0 Å². The number of para-hydroxylation sites is 1. The van der Waals surface area contributed by atoms with Gasteiger partial charge in [-0.25, -0.2) is 9.37 Å². The summed E-state index contributed by atoms with van der Waals surface area (Å²) in [5.74, 6) is -0.641. The van der Waals surface area contributed by atoms with E-state index in [1.54, 1.807) is 43.5 Å². The van der Waals surface area contributed by atoms with Crippen molar-refractivity contribution in [1.82, 2.24) is 4.98 Å². The van der Waals surface area contributed by atoms with E-state index in [9.17, 15) is 14.3 Å². The van der Waals surface area contributed by atoms with Crippen LogP contribution < -0.4 is 4.90 Å². The van der Waals surface area contributed by atoms with Crippen molar-refractivity contribution in [3.63, 3.8) is 0 Å². The predicted molar refractivity (Wildman–Crippen MR) is 99.1 cm³/mol. The molecular formula is C21H17FN2O2. The second kappa shape index (κ2) is 6.04. The molecule has 1 aliphatic rings. The average molecular weight is 348 g/mol. The fourth-order valence-corrected chi connectivity index (χ4v) is 3.37. The van der Waals surface area contributed by atoms with Gasteiger partial charge in [-0.15, -0.1) is 0 Å². The zero-order valence-electron chi connectivity index (χ0n) is 14.2. The van der Waals surface area contributed by atoms with Crippen molar-refractivity contribution in [1.29, 1.82) is 0 Å². The number of aliphatic hydroxyl groups is 1. The predicted octanol–water partition coefficient (Wildman–Crippen LogP) is 3.64. The standard InChI is InChI=1S/C21H17FN2O2/c1-24-19-7-3-2-6-17(19)21(26,20(24)25)12-4-5-16-10-8-14-13-15(22)9-11-18(14)23-16/h2-11,13,26H,12H2,1H3/b5-4+/t21-/m0/s1. The van der Waals surface area contributed by atoms with E-state index in [0.29, 0.717) is 16.8 Å². The van der Waals surface area contributed by atoms with Gasteiger partial charge in [0.2, 0.25) is 0 Å². The molecule has 1 atom stereocenters. The molecule has 0 aliphatic carbocycles. The molecule has 0 unspecified atom stereocenters. The number of benzene rings is 2. The zero-order valence-corrected chi connectivity index (χ0v) is 14.2. The summed E-state index contributed by atoms with van der Waals surface area (Å²) in [6.45, 7) is 0. The highest BCUT2D eigenvalue weighted by Crippen LogP contribution is 2.41. The molecule has 1 aromatic heterocycles. The quantitative estimate of drug-likeness (QED) is 0.786. The maximum absolute atomic E-state index is 13.2. The molecule has 4 nitrogen and oxygen atoms in total. The summed E-state index contributed by atoms with van der Waals surface area (Å²) in [4.78, 5) is 18.5. The van der Waals surface area contributed by atoms with Gasteiger partial charge in [-0.2, -0.15) is 0 Å². The lowest BCUT2D eigenvalue weighted by Crippen LogP contribution is -2.38. The average Bonchev–Trinajstić information content (AvgIpc) is 2.84. The number of aromatic nitrogens is 1. The molecule has 0 radical (unpaired) electrons. The molecule has 26 heavy (non-hydrogen) atoms. The highest BCUT2D eigenvalue weighted by atomic mass is 19.1. The summed E-state index contributed by atoms with van der Waals surface area (Å²) in [7, 11) is 1.66. The number of pyridine rings is 1. The Morgan fingerprint density at radius 2 is 2.00 bits per heavy atom. The van der Waals surface area contributed by atoms with Gasteiger partial charge in [-0.1, -0.05) is 30.3 Å². The van der Waals surface area contributed by atoms with Crippen LogP contribution in [0.15, 0.2) is 60.7 Å². The van der Waals surface area contributed by atoms with E-state index in [-0.39, 0.29) is 18.1 Å². The topological polar surface area (TPSA) is 53.4 Å². The van der Waals surface area contributed by atoms with Crippen LogP contribution in [0, 0.1) is 5.82 Å². The van der Waals surface area contributed by atoms with Crippen molar-refractivity contribution in [3.05, 3.63) is 77.7 Å². The van der Waals surface area contributed by atoms with Crippen LogP contribution in [0.2, 0.25) is 0 Å². The Kier molecular flexibility index (Phi) is 3.81. The number of hydrogen-bond donors (Lipinski definition) is 1. The van der Waals surface area contributed by atoms with Crippen molar-refractivity contribution in [3.8, 4) is 0 Å². The third-order valence-electron chi connectivity index (χ3n) is 4.74. The maximum atomic E-state index is 13.2. The first-order valence-electron chi connectivity index (χ1n) is 8.32. The van der Waals surface area contributed by atoms with E-state index in [1.165, 1.54) is 17.0 Å². The van der Waals surface area contributed by atoms with Crippen LogP contribution >= 0.6 is 0 Å². The Balaban J connectivity index is 1.60. The first kappa shape index (κ1) is 16.4. The number of hydrogen-bond acceptors (Lipinski definition) is 3. The first-order chi connectivity index (χ1) is 12.5. The third kappa shape index (κ3) is 2.57. The molecule has 2 aromatic carbocycles. The van der Waals surface area contributed by atoms with E-state index in [0.717, 1.165) is 11.1 Å². The Bertz CT molecular complexity index is 1050. The highest BCUT2D eigenvalue weighted by Gasteiger charge is 2.47. The van der Waals surface area contributed by atoms with Crippen molar-refractivity contribution < 1.29 is 14.3 Å². The minimum Gasteiger partial charge on any atom is -0.375 e. The number of carbonyl (C=O) groups is 1. The van der Waals surface area contributed by atoms with Gasteiger partial charge in [0.1, 0.15) is 5.82 Å². The summed E-state index contributed by atoms with van der Waals surface area (Å²) in [5.41, 5.74) is 1.13. The SMILES string of the molecule is CN1C(=O)[C@](O)(C/C=C/c2ccc3cc(F)ccc3n2)c2ccccc21. The first-order valence-corrected chi connectivity index (χ1v) is 8.32. The Hall–Kier alpha value is -3.05. The fourth-order valence-electron chi connectivity index (χ4n) is 3.37. The van der Waals surface area contributed by atoms with E-state index < -0.39 is 5.60 Å². The molecule has 1 aliphatic heterocycles. The highest BCUT2D eigenvalue weighted by molar-refractivity contribution is 6.06. The number of amides is 1. The summed E-state index contributed by atoms with van der Waals surface area (Å²) in [6, 6.07) is 15.2. The second-order valence-corrected chi connectivity index (χ2v) is 6.42. The minimum atomic E-state index is -1.57. The maximum Gasteiger partial charge on any atom is 0.263 e. The summed E-state index contributed by atoms with van der Waals surface area (Å²) in [5, 5.41) is 11.7. The Labute approximate surface area is 150 Å². The summed E-state index contributed by atoms with van der Waals surface area (Å²) >= 11 is 0. The molecular weight excluding hydrogens is 331 g/mol. The monoisotopic (exact) mass is 348 g/mol. The largest absolute Gasteiger partial charge is 0.375 e. The van der Waals surface area contributed by atoms with E-state index >= 15 is 0 Å². The summed E-state index contributed by atoms with van der Waals surface area (Å²) in [6.07, 6.45) is 3.65. The Morgan fingerprint density at radius 1 is 1.19 bits per heavy atom. The lowest BCUT2D eigenvalue weighted by atomic mass is 9.91. The van der Waals surface area contributed by atoms with Crippen molar-refractivity contribution >= 4 is 28.6 Å². The van der Waals surface area contributed by atoms with Crippen molar-refractivity contribution in [2.75, 3.05) is 11.9 Å². The van der Waals surface area contributed by atoms with Gasteiger partial charge >= 0.3 is 0 Å². The number of nitrogens with zero attached hydrogens (tertiary/aromatic N) is 2. The normalized spacial score (nSPS) is 19.5. The molecule has 2 heterocycles. The number of rotatable bonds is 3. The van der Waals surface area contributed by atoms with Crippen LogP contribution in [0.1, 0.15) is 17.7 Å². The van der Waals surface area contributed by atoms with E-state index in [2.05, 4.69) is 4.98 Å². The molecule has 4 rings (SSSR count). The lowest BCUT2D eigenvalue weighted by molar-refractivity contribution is -0.135. The zero-order chi connectivity index (χ0) is 18.3. The Morgan fingerprint density at radius 3 is 2.85 bits per heavy atom. The molecule has 0 spiro atoms. The van der Waals surface area contributed by atoms with Gasteiger partial charge in [0.25, 0.3) is 5.91 Å².